The first kappa shape index (κ1) is 21.0. The summed E-state index contributed by atoms with van der Waals surface area (Å²) in [5.74, 6) is -0.636. The number of halogens is 2. The number of para-hydroxylation sites is 1. The third kappa shape index (κ3) is 4.81. The monoisotopic (exact) mass is 475 g/mol. The standard InChI is InChI=1S/C21H19BrClN3O3/c1-3-10-29-17-9-8-13(22)11-14(17)19-18(12(2)24-21(28)26-19)20(27)25-16-7-5-4-6-15(16)23/h3-9,11,18-19H,1-2,10H2,(H,25,27)(H2,24,26,28)/t18-,19+/m0/s1. The van der Waals surface area contributed by atoms with Crippen molar-refractivity contribution in [1.29, 1.82) is 0 Å². The number of benzene rings is 2. The van der Waals surface area contributed by atoms with Crippen LogP contribution in [-0.2, 0) is 4.79 Å². The lowest BCUT2D eigenvalue weighted by Gasteiger charge is -2.34. The number of hydrogen-bond acceptors (Lipinski definition) is 3. The van der Waals surface area contributed by atoms with Crippen LogP contribution in [0.2, 0.25) is 5.02 Å². The summed E-state index contributed by atoms with van der Waals surface area (Å²) in [6, 6.07) is 11.2. The van der Waals surface area contributed by atoms with Crippen LogP contribution >= 0.6 is 27.5 Å². The minimum atomic E-state index is -0.802. The molecule has 0 bridgehead atoms. The average Bonchev–Trinajstić information content (AvgIpc) is 2.68. The fraction of sp³-hybridized carbons (Fsp3) is 0.143. The molecule has 29 heavy (non-hydrogen) atoms. The first-order chi connectivity index (χ1) is 13.9. The van der Waals surface area contributed by atoms with Crippen molar-refractivity contribution in [2.45, 2.75) is 6.04 Å². The quantitative estimate of drug-likeness (QED) is 0.525. The van der Waals surface area contributed by atoms with Crippen LogP contribution in [0.5, 0.6) is 5.75 Å². The number of urea groups is 1. The summed E-state index contributed by atoms with van der Waals surface area (Å²) in [5, 5.41) is 8.61. The lowest BCUT2D eigenvalue weighted by Crippen LogP contribution is -2.52. The fourth-order valence-electron chi connectivity index (χ4n) is 3.07. The average molecular weight is 477 g/mol. The number of carbonyl (C=O) groups is 2. The Bertz CT molecular complexity index is 979. The zero-order chi connectivity index (χ0) is 21.0. The molecule has 1 fully saturated rings. The van der Waals surface area contributed by atoms with Gasteiger partial charge in [-0.3, -0.25) is 4.79 Å². The van der Waals surface area contributed by atoms with E-state index >= 15 is 0 Å². The minimum absolute atomic E-state index is 0.276. The van der Waals surface area contributed by atoms with Gasteiger partial charge in [-0.15, -0.1) is 0 Å². The van der Waals surface area contributed by atoms with Crippen LogP contribution in [0.25, 0.3) is 0 Å². The first-order valence-corrected chi connectivity index (χ1v) is 9.92. The second kappa shape index (κ2) is 9.15. The van der Waals surface area contributed by atoms with Crippen LogP contribution in [0.3, 0.4) is 0 Å². The highest BCUT2D eigenvalue weighted by atomic mass is 79.9. The third-order valence-corrected chi connectivity index (χ3v) is 5.17. The molecule has 0 radical (unpaired) electrons. The number of ether oxygens (including phenoxy) is 1. The molecular weight excluding hydrogens is 458 g/mol. The largest absolute Gasteiger partial charge is 0.489 e. The molecule has 0 aromatic heterocycles. The molecule has 0 spiro atoms. The molecule has 2 atom stereocenters. The Kier molecular flexibility index (Phi) is 6.61. The van der Waals surface area contributed by atoms with Crippen molar-refractivity contribution in [3.8, 4) is 5.75 Å². The lowest BCUT2D eigenvalue weighted by atomic mass is 9.87. The van der Waals surface area contributed by atoms with Crippen molar-refractivity contribution in [1.82, 2.24) is 10.6 Å². The molecule has 1 saturated heterocycles. The number of nitrogens with one attached hydrogen (secondary N) is 3. The van der Waals surface area contributed by atoms with Crippen LogP contribution in [0, 0.1) is 5.92 Å². The highest BCUT2D eigenvalue weighted by Gasteiger charge is 2.39. The molecule has 0 aliphatic carbocycles. The molecule has 0 saturated carbocycles. The highest BCUT2D eigenvalue weighted by Crippen LogP contribution is 2.37. The Labute approximate surface area is 182 Å². The van der Waals surface area contributed by atoms with Crippen LogP contribution in [0.1, 0.15) is 11.6 Å². The van der Waals surface area contributed by atoms with Crippen molar-refractivity contribution in [3.05, 3.63) is 82.5 Å². The van der Waals surface area contributed by atoms with Gasteiger partial charge in [0.05, 0.1) is 16.8 Å². The van der Waals surface area contributed by atoms with Gasteiger partial charge in [0, 0.05) is 15.7 Å². The van der Waals surface area contributed by atoms with Gasteiger partial charge in [-0.2, -0.15) is 0 Å². The minimum Gasteiger partial charge on any atom is -0.489 e. The van der Waals surface area contributed by atoms with Crippen LogP contribution in [0.4, 0.5) is 10.5 Å². The van der Waals surface area contributed by atoms with Crippen molar-refractivity contribution < 1.29 is 14.3 Å². The molecule has 2 aromatic rings. The van der Waals surface area contributed by atoms with E-state index in [0.29, 0.717) is 22.0 Å². The summed E-state index contributed by atoms with van der Waals surface area (Å²) in [6.45, 7) is 7.82. The van der Waals surface area contributed by atoms with Gasteiger partial charge in [0.2, 0.25) is 5.91 Å². The zero-order valence-corrected chi connectivity index (χ0v) is 17.7. The summed E-state index contributed by atoms with van der Waals surface area (Å²) in [4.78, 5) is 25.3. The Morgan fingerprint density at radius 1 is 1.31 bits per heavy atom. The molecule has 3 amide bonds. The number of hydrogen-bond donors (Lipinski definition) is 3. The van der Waals surface area contributed by atoms with E-state index in [9.17, 15) is 9.59 Å². The van der Waals surface area contributed by atoms with E-state index in [1.165, 1.54) is 0 Å². The Morgan fingerprint density at radius 3 is 2.79 bits per heavy atom. The summed E-state index contributed by atoms with van der Waals surface area (Å²) in [7, 11) is 0. The van der Waals surface area contributed by atoms with Gasteiger partial charge in [-0.25, -0.2) is 4.79 Å². The molecule has 8 heteroatoms. The molecule has 1 heterocycles. The summed E-state index contributed by atoms with van der Waals surface area (Å²) in [6.07, 6.45) is 1.62. The van der Waals surface area contributed by atoms with E-state index in [2.05, 4.69) is 45.0 Å². The van der Waals surface area contributed by atoms with E-state index in [-0.39, 0.29) is 18.2 Å². The first-order valence-electron chi connectivity index (χ1n) is 8.75. The second-order valence-electron chi connectivity index (χ2n) is 6.33. The topological polar surface area (TPSA) is 79.5 Å². The molecular formula is C21H19BrClN3O3. The van der Waals surface area contributed by atoms with Gasteiger partial charge in [0.25, 0.3) is 0 Å². The van der Waals surface area contributed by atoms with Crippen molar-refractivity contribution in [3.63, 3.8) is 0 Å². The predicted octanol–water partition coefficient (Wildman–Crippen LogP) is 4.79. The van der Waals surface area contributed by atoms with E-state index < -0.39 is 18.0 Å². The van der Waals surface area contributed by atoms with E-state index in [1.807, 2.05) is 6.07 Å². The van der Waals surface area contributed by atoms with E-state index in [4.69, 9.17) is 16.3 Å². The fourth-order valence-corrected chi connectivity index (χ4v) is 3.63. The number of carbonyl (C=O) groups excluding carboxylic acids is 2. The summed E-state index contributed by atoms with van der Waals surface area (Å²) < 4.78 is 6.52. The number of rotatable bonds is 6. The Balaban J connectivity index is 1.98. The summed E-state index contributed by atoms with van der Waals surface area (Å²) >= 11 is 9.60. The zero-order valence-electron chi connectivity index (χ0n) is 15.4. The number of anilines is 1. The normalized spacial score (nSPS) is 18.4. The van der Waals surface area contributed by atoms with Gasteiger partial charge in [-0.05, 0) is 30.3 Å². The molecule has 1 aliphatic rings. The molecule has 0 unspecified atom stereocenters. The lowest BCUT2D eigenvalue weighted by molar-refractivity contribution is -0.119. The second-order valence-corrected chi connectivity index (χ2v) is 7.65. The van der Waals surface area contributed by atoms with Gasteiger partial charge >= 0.3 is 6.03 Å². The van der Waals surface area contributed by atoms with Crippen molar-refractivity contribution in [2.75, 3.05) is 11.9 Å². The predicted molar refractivity (Wildman–Crippen MR) is 117 cm³/mol. The summed E-state index contributed by atoms with van der Waals surface area (Å²) in [5.41, 5.74) is 1.38. The number of amides is 3. The molecule has 3 N–H and O–H groups in total. The Morgan fingerprint density at radius 2 is 2.07 bits per heavy atom. The molecule has 6 nitrogen and oxygen atoms in total. The van der Waals surface area contributed by atoms with Crippen molar-refractivity contribution in [2.24, 2.45) is 5.92 Å². The maximum atomic E-state index is 13.1. The molecule has 150 valence electrons. The van der Waals surface area contributed by atoms with Crippen molar-refractivity contribution >= 4 is 45.2 Å². The maximum Gasteiger partial charge on any atom is 0.319 e. The molecule has 1 aliphatic heterocycles. The van der Waals surface area contributed by atoms with Gasteiger partial charge < -0.3 is 20.7 Å². The van der Waals surface area contributed by atoms with Gasteiger partial charge in [0.1, 0.15) is 18.3 Å². The Hall–Kier alpha value is -2.77. The highest BCUT2D eigenvalue weighted by molar-refractivity contribution is 9.10. The van der Waals surface area contributed by atoms with Crippen LogP contribution in [-0.4, -0.2) is 18.5 Å². The van der Waals surface area contributed by atoms with Gasteiger partial charge in [0.15, 0.2) is 0 Å². The maximum absolute atomic E-state index is 13.1. The van der Waals surface area contributed by atoms with Crippen LogP contribution in [0.15, 0.2) is 71.9 Å². The van der Waals surface area contributed by atoms with E-state index in [0.717, 1.165) is 4.47 Å². The van der Waals surface area contributed by atoms with Crippen LogP contribution < -0.4 is 20.7 Å². The van der Waals surface area contributed by atoms with Gasteiger partial charge in [-0.1, -0.05) is 58.9 Å². The SMILES string of the molecule is C=CCOc1ccc(Br)cc1[C@H]1NC(=O)NC(=C)[C@@H]1C(=O)Nc1ccccc1Cl. The smallest absolute Gasteiger partial charge is 0.319 e. The third-order valence-electron chi connectivity index (χ3n) is 4.35. The molecule has 3 rings (SSSR count). The van der Waals surface area contributed by atoms with E-state index in [1.54, 1.807) is 42.5 Å². The molecule has 2 aromatic carbocycles.